The van der Waals surface area contributed by atoms with Crippen LogP contribution in [-0.2, 0) is 30.2 Å². The van der Waals surface area contributed by atoms with Crippen LogP contribution >= 0.6 is 0 Å². The maximum Gasteiger partial charge on any atom is 0.407 e. The summed E-state index contributed by atoms with van der Waals surface area (Å²) in [6.45, 7) is 8.30. The molecule has 0 radical (unpaired) electrons. The molecule has 1 aliphatic heterocycles. The third-order valence-corrected chi connectivity index (χ3v) is 5.05. The molecule has 176 valence electrons. The van der Waals surface area contributed by atoms with Crippen molar-refractivity contribution in [3.05, 3.63) is 60.2 Å². The van der Waals surface area contributed by atoms with E-state index in [1.807, 2.05) is 54.6 Å². The number of ether oxygens (including phenoxy) is 3. The number of rotatable bonds is 6. The quantitative estimate of drug-likeness (QED) is 0.506. The van der Waals surface area contributed by atoms with E-state index in [0.29, 0.717) is 6.42 Å². The van der Waals surface area contributed by atoms with Gasteiger partial charge in [0, 0.05) is 19.9 Å². The van der Waals surface area contributed by atoms with Crippen LogP contribution in [0.4, 0.5) is 4.79 Å². The first-order valence-electron chi connectivity index (χ1n) is 11.0. The zero-order valence-corrected chi connectivity index (χ0v) is 19.7. The highest BCUT2D eigenvalue weighted by Crippen LogP contribution is 2.27. The van der Waals surface area contributed by atoms with E-state index < -0.39 is 41.4 Å². The highest BCUT2D eigenvalue weighted by molar-refractivity contribution is 5.96. The van der Waals surface area contributed by atoms with Gasteiger partial charge in [0.05, 0.1) is 0 Å². The third kappa shape index (κ3) is 7.07. The van der Waals surface area contributed by atoms with Crippen molar-refractivity contribution < 1.29 is 28.6 Å². The second-order valence-corrected chi connectivity index (χ2v) is 9.64. The van der Waals surface area contributed by atoms with E-state index in [4.69, 9.17) is 14.2 Å². The van der Waals surface area contributed by atoms with Crippen molar-refractivity contribution >= 4 is 18.0 Å². The Labute approximate surface area is 194 Å². The molecule has 2 aromatic rings. The highest BCUT2D eigenvalue weighted by Gasteiger charge is 2.44. The summed E-state index contributed by atoms with van der Waals surface area (Å²) in [6.07, 6.45) is -0.186. The van der Waals surface area contributed by atoms with Gasteiger partial charge in [-0.3, -0.25) is 9.59 Å². The van der Waals surface area contributed by atoms with Gasteiger partial charge in [0.15, 0.2) is 5.92 Å². The topological polar surface area (TPSA) is 90.9 Å². The van der Waals surface area contributed by atoms with Gasteiger partial charge >= 0.3 is 18.0 Å². The zero-order chi connectivity index (χ0) is 24.2. The minimum atomic E-state index is -1.30. The number of benzene rings is 2. The Bertz CT molecular complexity index is 972. The molecule has 0 aromatic heterocycles. The van der Waals surface area contributed by atoms with Gasteiger partial charge < -0.3 is 19.5 Å². The Morgan fingerprint density at radius 2 is 1.52 bits per heavy atom. The van der Waals surface area contributed by atoms with E-state index in [-0.39, 0.29) is 6.42 Å². The zero-order valence-electron chi connectivity index (χ0n) is 19.7. The van der Waals surface area contributed by atoms with Gasteiger partial charge in [-0.25, -0.2) is 4.79 Å². The summed E-state index contributed by atoms with van der Waals surface area (Å²) in [5.41, 5.74) is 2.42. The Morgan fingerprint density at radius 3 is 2.06 bits per heavy atom. The Balaban J connectivity index is 1.76. The Morgan fingerprint density at radius 1 is 0.970 bits per heavy atom. The van der Waals surface area contributed by atoms with Crippen LogP contribution in [0.25, 0.3) is 11.1 Å². The highest BCUT2D eigenvalue weighted by atomic mass is 16.7. The van der Waals surface area contributed by atoms with Crippen LogP contribution in [-0.4, -0.2) is 35.5 Å². The molecule has 0 bridgehead atoms. The second-order valence-electron chi connectivity index (χ2n) is 9.64. The number of carbonyl (C=O) groups excluding carboxylic acids is 3. The lowest BCUT2D eigenvalue weighted by atomic mass is 9.93. The minimum Gasteiger partial charge on any atom is -0.444 e. The summed E-state index contributed by atoms with van der Waals surface area (Å²) >= 11 is 0. The molecule has 1 unspecified atom stereocenters. The second kappa shape index (κ2) is 9.65. The van der Waals surface area contributed by atoms with Gasteiger partial charge in [-0.15, -0.1) is 0 Å². The van der Waals surface area contributed by atoms with Gasteiger partial charge in [-0.1, -0.05) is 54.6 Å². The molecule has 0 saturated carbocycles. The lowest BCUT2D eigenvalue weighted by Crippen LogP contribution is -2.49. The van der Waals surface area contributed by atoms with Crippen LogP contribution in [0, 0.1) is 5.92 Å². The van der Waals surface area contributed by atoms with Crippen LogP contribution in [0.15, 0.2) is 54.6 Å². The molecule has 0 spiro atoms. The Kier molecular flexibility index (Phi) is 7.10. The molecule has 0 aliphatic carbocycles. The first-order valence-corrected chi connectivity index (χ1v) is 11.0. The number of cyclic esters (lactones) is 2. The molecule has 1 amide bonds. The monoisotopic (exact) mass is 453 g/mol. The lowest BCUT2D eigenvalue weighted by Gasteiger charge is -2.34. The fraction of sp³-hybridized carbons (Fsp3) is 0.423. The predicted molar refractivity (Wildman–Crippen MR) is 123 cm³/mol. The number of esters is 2. The molecule has 33 heavy (non-hydrogen) atoms. The molecule has 1 heterocycles. The first-order chi connectivity index (χ1) is 15.4. The van der Waals surface area contributed by atoms with E-state index in [9.17, 15) is 14.4 Å². The maximum atomic E-state index is 12.5. The largest absolute Gasteiger partial charge is 0.444 e. The van der Waals surface area contributed by atoms with Crippen LogP contribution in [0.2, 0.25) is 0 Å². The van der Waals surface area contributed by atoms with Crippen molar-refractivity contribution in [2.45, 2.75) is 64.9 Å². The molecule has 7 heteroatoms. The standard InChI is InChI=1S/C26H31NO6/c1-25(2,3)33-24(30)27-20(16-21-22(28)31-26(4,5)32-23(21)29)15-17-11-13-19(14-12-17)18-9-7-6-8-10-18/h6-14,20-21H,15-16H2,1-5H3,(H,27,30). The van der Waals surface area contributed by atoms with E-state index >= 15 is 0 Å². The SMILES string of the molecule is CC(C)(C)OC(=O)NC(Cc1ccc(-c2ccccc2)cc1)CC1C(=O)OC(C)(C)OC1=O. The molecule has 3 rings (SSSR count). The predicted octanol–water partition coefficient (Wildman–Crippen LogP) is 4.63. The van der Waals surface area contributed by atoms with Crippen molar-refractivity contribution in [2.75, 3.05) is 0 Å². The number of carbonyl (C=O) groups is 3. The van der Waals surface area contributed by atoms with E-state index in [0.717, 1.165) is 16.7 Å². The van der Waals surface area contributed by atoms with Gasteiger partial charge in [0.1, 0.15) is 5.60 Å². The molecule has 1 aliphatic rings. The summed E-state index contributed by atoms with van der Waals surface area (Å²) in [4.78, 5) is 37.4. The van der Waals surface area contributed by atoms with Crippen LogP contribution in [0.1, 0.15) is 46.6 Å². The molecule has 1 fully saturated rings. The number of amides is 1. The summed E-state index contributed by atoms with van der Waals surface area (Å²) in [6, 6.07) is 17.4. The number of hydrogen-bond donors (Lipinski definition) is 1. The number of nitrogens with one attached hydrogen (secondary N) is 1. The third-order valence-electron chi connectivity index (χ3n) is 5.05. The molecular weight excluding hydrogens is 422 g/mol. The normalized spacial score (nSPS) is 17.0. The molecule has 7 nitrogen and oxygen atoms in total. The van der Waals surface area contributed by atoms with Crippen molar-refractivity contribution in [3.8, 4) is 11.1 Å². The van der Waals surface area contributed by atoms with E-state index in [1.165, 1.54) is 13.8 Å². The fourth-order valence-corrected chi connectivity index (χ4v) is 3.64. The number of hydrogen-bond acceptors (Lipinski definition) is 6. The van der Waals surface area contributed by atoms with E-state index in [2.05, 4.69) is 5.32 Å². The fourth-order valence-electron chi connectivity index (χ4n) is 3.64. The van der Waals surface area contributed by atoms with Gasteiger partial charge in [-0.2, -0.15) is 0 Å². The van der Waals surface area contributed by atoms with Crippen molar-refractivity contribution in [3.63, 3.8) is 0 Å². The first kappa shape index (κ1) is 24.3. The molecule has 1 atom stereocenters. The van der Waals surface area contributed by atoms with Gasteiger partial charge in [0.25, 0.3) is 5.79 Å². The molecule has 1 saturated heterocycles. The smallest absolute Gasteiger partial charge is 0.407 e. The van der Waals surface area contributed by atoms with Crippen LogP contribution < -0.4 is 5.32 Å². The summed E-state index contributed by atoms with van der Waals surface area (Å²) < 4.78 is 15.8. The van der Waals surface area contributed by atoms with Crippen LogP contribution in [0.3, 0.4) is 0 Å². The summed E-state index contributed by atoms with van der Waals surface area (Å²) in [5, 5.41) is 2.80. The van der Waals surface area contributed by atoms with Gasteiger partial charge in [-0.05, 0) is 50.3 Å². The summed E-state index contributed by atoms with van der Waals surface area (Å²) in [5.74, 6) is -3.74. The van der Waals surface area contributed by atoms with Crippen LogP contribution in [0.5, 0.6) is 0 Å². The summed E-state index contributed by atoms with van der Waals surface area (Å²) in [7, 11) is 0. The van der Waals surface area contributed by atoms with Gasteiger partial charge in [0.2, 0.25) is 0 Å². The van der Waals surface area contributed by atoms with Crippen molar-refractivity contribution in [1.29, 1.82) is 0 Å². The van der Waals surface area contributed by atoms with Crippen molar-refractivity contribution in [1.82, 2.24) is 5.32 Å². The molecule has 2 aromatic carbocycles. The average molecular weight is 454 g/mol. The lowest BCUT2D eigenvalue weighted by molar-refractivity contribution is -0.240. The maximum absolute atomic E-state index is 12.5. The van der Waals surface area contributed by atoms with Crippen molar-refractivity contribution in [2.24, 2.45) is 5.92 Å². The average Bonchev–Trinajstić information content (AvgIpc) is 2.69. The molecule has 1 N–H and O–H groups in total. The Hall–Kier alpha value is -3.35. The molecular formula is C26H31NO6. The van der Waals surface area contributed by atoms with E-state index in [1.54, 1.807) is 20.8 Å². The number of alkyl carbamates (subject to hydrolysis) is 1. The minimum absolute atomic E-state index is 0.0351.